The van der Waals surface area contributed by atoms with Crippen LogP contribution >= 0.6 is 27.3 Å². The van der Waals surface area contributed by atoms with E-state index < -0.39 is 24.1 Å². The van der Waals surface area contributed by atoms with Crippen molar-refractivity contribution >= 4 is 51.1 Å². The van der Waals surface area contributed by atoms with E-state index in [2.05, 4.69) is 15.9 Å². The minimum absolute atomic E-state index is 0.0517. The number of thiophene rings is 1. The maximum atomic E-state index is 13.2. The lowest BCUT2D eigenvalue weighted by molar-refractivity contribution is -0.139. The fraction of sp³-hybridized carbons (Fsp3) is 0.417. The summed E-state index contributed by atoms with van der Waals surface area (Å²) in [6.07, 6.45) is 0.644. The number of benzene rings is 1. The van der Waals surface area contributed by atoms with Crippen LogP contribution in [-0.4, -0.2) is 64.2 Å². The number of ether oxygens (including phenoxy) is 2. The van der Waals surface area contributed by atoms with Crippen LogP contribution in [0.3, 0.4) is 0 Å². The third kappa shape index (κ3) is 6.61. The van der Waals surface area contributed by atoms with Crippen LogP contribution in [-0.2, 0) is 9.53 Å². The van der Waals surface area contributed by atoms with Gasteiger partial charge in [0, 0.05) is 24.6 Å². The van der Waals surface area contributed by atoms with Gasteiger partial charge in [0.15, 0.2) is 23.0 Å². The molecule has 1 amide bonds. The van der Waals surface area contributed by atoms with Gasteiger partial charge >= 0.3 is 18.0 Å². The molecule has 1 saturated heterocycles. The van der Waals surface area contributed by atoms with Gasteiger partial charge in [-0.25, -0.2) is 14.4 Å². The van der Waals surface area contributed by atoms with E-state index in [1.165, 1.54) is 0 Å². The molecule has 0 unspecified atom stereocenters. The van der Waals surface area contributed by atoms with E-state index in [0.29, 0.717) is 46.4 Å². The van der Waals surface area contributed by atoms with Crippen LogP contribution in [0.25, 0.3) is 10.4 Å². The number of amides is 1. The highest BCUT2D eigenvalue weighted by atomic mass is 79.9. The summed E-state index contributed by atoms with van der Waals surface area (Å²) in [6, 6.07) is 6.84. The van der Waals surface area contributed by atoms with Crippen LogP contribution in [0.5, 0.6) is 5.75 Å². The first-order chi connectivity index (χ1) is 16.4. The lowest BCUT2D eigenvalue weighted by Gasteiger charge is -2.33. The highest BCUT2D eigenvalue weighted by Gasteiger charge is 2.31. The second-order valence-electron chi connectivity index (χ2n) is 9.08. The van der Waals surface area contributed by atoms with Crippen LogP contribution in [0.4, 0.5) is 4.79 Å². The van der Waals surface area contributed by atoms with E-state index in [9.17, 15) is 24.3 Å². The predicted molar refractivity (Wildman–Crippen MR) is 132 cm³/mol. The number of carbonyl (C=O) groups is 4. The number of aromatic carboxylic acids is 1. The summed E-state index contributed by atoms with van der Waals surface area (Å²) in [5, 5.41) is 18.4. The highest BCUT2D eigenvalue weighted by molar-refractivity contribution is 9.10. The molecule has 11 heteroatoms. The molecular formula is C24H26BrNO8S. The van der Waals surface area contributed by atoms with Gasteiger partial charge in [-0.2, -0.15) is 0 Å². The molecule has 1 aliphatic heterocycles. The third-order valence-electron chi connectivity index (χ3n) is 5.27. The van der Waals surface area contributed by atoms with E-state index >= 15 is 0 Å². The van der Waals surface area contributed by atoms with Gasteiger partial charge in [-0.15, -0.1) is 11.3 Å². The molecule has 2 heterocycles. The summed E-state index contributed by atoms with van der Waals surface area (Å²) >= 11 is 4.26. The van der Waals surface area contributed by atoms with Crippen molar-refractivity contribution < 1.29 is 38.9 Å². The predicted octanol–water partition coefficient (Wildman–Crippen LogP) is 5.17. The van der Waals surface area contributed by atoms with Crippen molar-refractivity contribution in [2.75, 3.05) is 19.7 Å². The molecule has 0 saturated carbocycles. The van der Waals surface area contributed by atoms with Crippen LogP contribution in [0.15, 0.2) is 28.7 Å². The molecule has 2 N–H and O–H groups in total. The van der Waals surface area contributed by atoms with E-state index in [4.69, 9.17) is 14.6 Å². The van der Waals surface area contributed by atoms with Gasteiger partial charge in [-0.3, -0.25) is 4.79 Å². The van der Waals surface area contributed by atoms with Crippen molar-refractivity contribution in [1.82, 2.24) is 4.90 Å². The Kier molecular flexibility index (Phi) is 8.22. The molecular weight excluding hydrogens is 542 g/mol. The third-order valence-corrected chi connectivity index (χ3v) is 7.50. The van der Waals surface area contributed by atoms with E-state index in [-0.39, 0.29) is 28.4 Å². The zero-order valence-electron chi connectivity index (χ0n) is 19.5. The second-order valence-corrected chi connectivity index (χ2v) is 10.9. The van der Waals surface area contributed by atoms with E-state index in [0.717, 1.165) is 11.3 Å². The zero-order valence-corrected chi connectivity index (χ0v) is 21.9. The molecule has 9 nitrogen and oxygen atoms in total. The van der Waals surface area contributed by atoms with Crippen molar-refractivity contribution in [2.45, 2.75) is 39.2 Å². The van der Waals surface area contributed by atoms with Crippen LogP contribution in [0, 0.1) is 5.92 Å². The maximum absolute atomic E-state index is 13.2. The van der Waals surface area contributed by atoms with Crippen molar-refractivity contribution in [3.8, 4) is 16.2 Å². The van der Waals surface area contributed by atoms with Gasteiger partial charge in [-0.05, 0) is 61.2 Å². The fourth-order valence-corrected chi connectivity index (χ4v) is 5.57. The Bertz CT molecular complexity index is 1140. The Morgan fingerprint density at radius 1 is 1.14 bits per heavy atom. The number of nitrogens with zero attached hydrogens (tertiary/aromatic N) is 1. The lowest BCUT2D eigenvalue weighted by atomic mass is 9.88. The Morgan fingerprint density at radius 2 is 1.80 bits per heavy atom. The van der Waals surface area contributed by atoms with Crippen molar-refractivity contribution in [3.63, 3.8) is 0 Å². The molecule has 35 heavy (non-hydrogen) atoms. The first-order valence-electron chi connectivity index (χ1n) is 10.9. The number of ketones is 1. The Labute approximate surface area is 214 Å². The lowest BCUT2D eigenvalue weighted by Crippen LogP contribution is -2.43. The van der Waals surface area contributed by atoms with Gasteiger partial charge < -0.3 is 24.6 Å². The first-order valence-corrected chi connectivity index (χ1v) is 12.5. The smallest absolute Gasteiger partial charge is 0.410 e. The number of halogens is 1. The van der Waals surface area contributed by atoms with Gasteiger partial charge in [-0.1, -0.05) is 18.2 Å². The average molecular weight is 568 g/mol. The number of rotatable bonds is 7. The molecule has 1 aliphatic rings. The Balaban J connectivity index is 1.77. The molecule has 1 fully saturated rings. The summed E-state index contributed by atoms with van der Waals surface area (Å²) in [7, 11) is 0. The molecule has 0 radical (unpaired) electrons. The number of hydrogen-bond donors (Lipinski definition) is 2. The molecule has 0 aliphatic carbocycles. The van der Waals surface area contributed by atoms with Gasteiger partial charge in [0.25, 0.3) is 0 Å². The highest BCUT2D eigenvalue weighted by Crippen LogP contribution is 2.46. The minimum atomic E-state index is -1.24. The summed E-state index contributed by atoms with van der Waals surface area (Å²) in [4.78, 5) is 50.0. The number of carbonyl (C=O) groups excluding carboxylic acids is 2. The minimum Gasteiger partial charge on any atom is -0.479 e. The monoisotopic (exact) mass is 567 g/mol. The molecule has 3 rings (SSSR count). The van der Waals surface area contributed by atoms with Gasteiger partial charge in [0.2, 0.25) is 0 Å². The molecule has 2 aromatic rings. The molecule has 0 bridgehead atoms. The summed E-state index contributed by atoms with van der Waals surface area (Å²) < 4.78 is 10.9. The number of piperidine rings is 1. The normalized spacial score (nSPS) is 14.5. The number of likely N-dealkylation sites (tertiary alicyclic amines) is 1. The Hall–Kier alpha value is -2.92. The van der Waals surface area contributed by atoms with Crippen LogP contribution in [0.1, 0.15) is 53.6 Å². The topological polar surface area (TPSA) is 130 Å². The zero-order chi connectivity index (χ0) is 25.9. The van der Waals surface area contributed by atoms with E-state index in [1.807, 2.05) is 0 Å². The SMILES string of the molecule is CC(C)(C)OC(=O)N1CCC(C(=O)c2cccc(-c3sc(C(=O)O)c(OCC(=O)O)c3Br)c2)CC1. The second kappa shape index (κ2) is 10.8. The summed E-state index contributed by atoms with van der Waals surface area (Å²) in [5.74, 6) is -2.84. The Morgan fingerprint density at radius 3 is 2.37 bits per heavy atom. The standard InChI is InChI=1S/C24H26BrNO8S/c1-24(2,3)34-23(32)26-9-7-13(8-10-26)18(29)14-5-4-6-15(11-14)20-17(25)19(33-12-16(27)28)21(35-20)22(30)31/h4-6,11,13H,7-10,12H2,1-3H3,(H,27,28)(H,30,31). The summed E-state index contributed by atoms with van der Waals surface area (Å²) in [5.41, 5.74) is 0.495. The van der Waals surface area contributed by atoms with Gasteiger partial charge in [0.1, 0.15) is 5.60 Å². The number of hydrogen-bond acceptors (Lipinski definition) is 7. The molecule has 0 spiro atoms. The first kappa shape index (κ1) is 26.7. The van der Waals surface area contributed by atoms with Crippen molar-refractivity contribution in [2.24, 2.45) is 5.92 Å². The van der Waals surface area contributed by atoms with Crippen LogP contribution in [0.2, 0.25) is 0 Å². The molecule has 1 aromatic carbocycles. The fourth-order valence-electron chi connectivity index (χ4n) is 3.69. The van der Waals surface area contributed by atoms with Crippen molar-refractivity contribution in [3.05, 3.63) is 39.2 Å². The number of Topliss-reactive ketones (excluding diaryl/α,β-unsaturated/α-hetero) is 1. The largest absolute Gasteiger partial charge is 0.479 e. The molecule has 0 atom stereocenters. The molecule has 1 aromatic heterocycles. The average Bonchev–Trinajstić information content (AvgIpc) is 3.12. The molecule has 188 valence electrons. The van der Waals surface area contributed by atoms with Crippen molar-refractivity contribution in [1.29, 1.82) is 0 Å². The number of carboxylic acids is 2. The van der Waals surface area contributed by atoms with Crippen LogP contribution < -0.4 is 4.74 Å². The van der Waals surface area contributed by atoms with Gasteiger partial charge in [0.05, 0.1) is 9.35 Å². The number of aliphatic carboxylic acids is 1. The van der Waals surface area contributed by atoms with E-state index in [1.54, 1.807) is 49.9 Å². The summed E-state index contributed by atoms with van der Waals surface area (Å²) in [6.45, 7) is 5.58. The number of carboxylic acid groups (broad SMARTS) is 2. The maximum Gasteiger partial charge on any atom is 0.410 e. The quantitative estimate of drug-likeness (QED) is 0.438.